The molecule has 4 rings (SSSR count). The number of halogens is 1. The van der Waals surface area contributed by atoms with Crippen LogP contribution >= 0.6 is 15.9 Å². The summed E-state index contributed by atoms with van der Waals surface area (Å²) in [6, 6.07) is 22.0. The number of hydrogen-bond donors (Lipinski definition) is 1. The molecule has 6 nitrogen and oxygen atoms in total. The normalized spacial score (nSPS) is 14.7. The molecular formula is C28H25BrN2O4. The maximum Gasteiger partial charge on any atom is 0.344 e. The minimum absolute atomic E-state index is 0.0189. The van der Waals surface area contributed by atoms with Crippen LogP contribution in [-0.4, -0.2) is 12.6 Å². The summed E-state index contributed by atoms with van der Waals surface area (Å²) in [6.45, 7) is 4.91. The van der Waals surface area contributed by atoms with Gasteiger partial charge in [0.2, 0.25) is 5.88 Å². The molecule has 3 aromatic carbocycles. The highest BCUT2D eigenvalue weighted by Crippen LogP contribution is 2.44. The van der Waals surface area contributed by atoms with Gasteiger partial charge in [-0.15, -0.1) is 0 Å². The number of allylic oxidation sites excluding steroid dienone is 1. The van der Waals surface area contributed by atoms with Gasteiger partial charge in [-0.05, 0) is 64.2 Å². The lowest BCUT2D eigenvalue weighted by molar-refractivity contribution is 0.0733. The van der Waals surface area contributed by atoms with Crippen LogP contribution in [-0.2, 0) is 0 Å². The second-order valence-electron chi connectivity index (χ2n) is 8.60. The second-order valence-corrected chi connectivity index (χ2v) is 9.45. The molecule has 2 N–H and O–H groups in total. The molecule has 1 heterocycles. The summed E-state index contributed by atoms with van der Waals surface area (Å²) in [7, 11) is 0. The fraction of sp³-hybridized carbons (Fsp3) is 0.214. The first-order valence-corrected chi connectivity index (χ1v) is 12.1. The van der Waals surface area contributed by atoms with E-state index in [0.717, 1.165) is 23.3 Å². The number of fused-ring (bicyclic) bond motifs is 1. The van der Waals surface area contributed by atoms with E-state index in [4.69, 9.17) is 19.9 Å². The van der Waals surface area contributed by atoms with Crippen LogP contribution in [0.3, 0.4) is 0 Å². The van der Waals surface area contributed by atoms with Gasteiger partial charge in [0.05, 0.1) is 18.1 Å². The molecule has 7 heteroatoms. The number of benzene rings is 3. The molecule has 178 valence electrons. The van der Waals surface area contributed by atoms with E-state index in [1.165, 1.54) is 0 Å². The lowest BCUT2D eigenvalue weighted by atomic mass is 9.83. The summed E-state index contributed by atoms with van der Waals surface area (Å²) in [5.41, 5.74) is 8.46. The van der Waals surface area contributed by atoms with Crippen molar-refractivity contribution >= 4 is 21.9 Å². The quantitative estimate of drug-likeness (QED) is 0.283. The fourth-order valence-electron chi connectivity index (χ4n) is 3.83. The number of carbonyl (C=O) groups is 1. The molecule has 1 aliphatic rings. The van der Waals surface area contributed by atoms with Crippen molar-refractivity contribution in [3.05, 3.63) is 99.3 Å². The van der Waals surface area contributed by atoms with Crippen molar-refractivity contribution in [1.29, 1.82) is 5.26 Å². The minimum atomic E-state index is -0.503. The van der Waals surface area contributed by atoms with Crippen molar-refractivity contribution in [3.63, 3.8) is 0 Å². The van der Waals surface area contributed by atoms with Crippen LogP contribution in [0.4, 0.5) is 0 Å². The average Bonchev–Trinajstić information content (AvgIpc) is 2.83. The van der Waals surface area contributed by atoms with E-state index in [-0.39, 0.29) is 5.88 Å². The summed E-state index contributed by atoms with van der Waals surface area (Å²) in [5.74, 6) is 1.08. The van der Waals surface area contributed by atoms with Crippen LogP contribution in [0.5, 0.6) is 17.2 Å². The first kappa shape index (κ1) is 24.4. The topological polar surface area (TPSA) is 94.6 Å². The summed E-state index contributed by atoms with van der Waals surface area (Å²) < 4.78 is 17.9. The van der Waals surface area contributed by atoms with Crippen LogP contribution < -0.4 is 19.9 Å². The smallest absolute Gasteiger partial charge is 0.344 e. The number of hydrogen-bond acceptors (Lipinski definition) is 6. The molecule has 3 aromatic rings. The van der Waals surface area contributed by atoms with Crippen LogP contribution in [0.25, 0.3) is 0 Å². The Morgan fingerprint density at radius 3 is 2.66 bits per heavy atom. The molecule has 0 saturated carbocycles. The van der Waals surface area contributed by atoms with Crippen molar-refractivity contribution in [2.75, 3.05) is 6.61 Å². The number of esters is 1. The molecule has 0 bridgehead atoms. The van der Waals surface area contributed by atoms with Gasteiger partial charge in [0.25, 0.3) is 0 Å². The molecule has 1 atom stereocenters. The predicted molar refractivity (Wildman–Crippen MR) is 136 cm³/mol. The Bertz CT molecular complexity index is 1330. The third kappa shape index (κ3) is 5.50. The molecular weight excluding hydrogens is 508 g/mol. The highest BCUT2D eigenvalue weighted by Gasteiger charge is 2.31. The Morgan fingerprint density at radius 1 is 1.11 bits per heavy atom. The zero-order valence-electron chi connectivity index (χ0n) is 19.5. The SMILES string of the molecule is CC(C)CCOc1cccc(C2C(C#N)=C(N)Oc3cc(OC(=O)c4ccccc4Br)ccc32)c1. The molecule has 0 radical (unpaired) electrons. The van der Waals surface area contributed by atoms with Gasteiger partial charge in [-0.1, -0.05) is 44.2 Å². The van der Waals surface area contributed by atoms with E-state index in [0.29, 0.717) is 39.6 Å². The van der Waals surface area contributed by atoms with Crippen molar-refractivity contribution in [3.8, 4) is 23.3 Å². The van der Waals surface area contributed by atoms with Gasteiger partial charge in [-0.25, -0.2) is 4.79 Å². The summed E-state index contributed by atoms with van der Waals surface area (Å²) in [4.78, 5) is 12.6. The van der Waals surface area contributed by atoms with Gasteiger partial charge in [0.15, 0.2) is 0 Å². The summed E-state index contributed by atoms with van der Waals surface area (Å²) in [5, 5.41) is 9.84. The van der Waals surface area contributed by atoms with Gasteiger partial charge in [-0.3, -0.25) is 0 Å². The highest BCUT2D eigenvalue weighted by molar-refractivity contribution is 9.10. The monoisotopic (exact) mass is 532 g/mol. The van der Waals surface area contributed by atoms with E-state index in [9.17, 15) is 10.1 Å². The number of carbonyl (C=O) groups excluding carboxylic acids is 1. The molecule has 0 saturated heterocycles. The number of nitrogens with two attached hydrogens (primary N) is 1. The molecule has 0 amide bonds. The molecule has 1 unspecified atom stereocenters. The fourth-order valence-corrected chi connectivity index (χ4v) is 4.27. The number of nitriles is 1. The first-order valence-electron chi connectivity index (χ1n) is 11.3. The van der Waals surface area contributed by atoms with E-state index < -0.39 is 11.9 Å². The minimum Gasteiger partial charge on any atom is -0.494 e. The van der Waals surface area contributed by atoms with Gasteiger partial charge in [-0.2, -0.15) is 5.26 Å². The molecule has 0 spiro atoms. The lowest BCUT2D eigenvalue weighted by Gasteiger charge is -2.27. The highest BCUT2D eigenvalue weighted by atomic mass is 79.9. The number of ether oxygens (including phenoxy) is 3. The average molecular weight is 533 g/mol. The Balaban J connectivity index is 1.64. The molecule has 0 aliphatic carbocycles. The van der Waals surface area contributed by atoms with Crippen molar-refractivity contribution in [1.82, 2.24) is 0 Å². The maximum absolute atomic E-state index is 12.6. The van der Waals surface area contributed by atoms with Gasteiger partial charge < -0.3 is 19.9 Å². The Morgan fingerprint density at radius 2 is 1.91 bits per heavy atom. The second kappa shape index (κ2) is 10.7. The predicted octanol–water partition coefficient (Wildman–Crippen LogP) is 6.31. The van der Waals surface area contributed by atoms with Gasteiger partial charge >= 0.3 is 5.97 Å². The Hall–Kier alpha value is -3.76. The van der Waals surface area contributed by atoms with Crippen LogP contribution in [0.15, 0.2) is 82.7 Å². The summed E-state index contributed by atoms with van der Waals surface area (Å²) in [6.07, 6.45) is 0.946. The number of rotatable bonds is 7. The molecule has 1 aliphatic heterocycles. The number of nitrogens with zero attached hydrogens (tertiary/aromatic N) is 1. The van der Waals surface area contributed by atoms with Crippen molar-refractivity contribution < 1.29 is 19.0 Å². The Labute approximate surface area is 213 Å². The third-order valence-corrected chi connectivity index (χ3v) is 6.34. The standard InChI is InChI=1S/C28H25BrN2O4/c1-17(2)12-13-33-19-7-5-6-18(14-19)26-22-11-10-20(15-25(22)35-27(31)23(26)16-30)34-28(32)21-8-3-4-9-24(21)29/h3-11,14-15,17,26H,12-13,31H2,1-2H3. The van der Waals surface area contributed by atoms with E-state index >= 15 is 0 Å². The van der Waals surface area contributed by atoms with Crippen molar-refractivity contribution in [2.45, 2.75) is 26.2 Å². The van der Waals surface area contributed by atoms with E-state index in [1.54, 1.807) is 36.4 Å². The van der Waals surface area contributed by atoms with Gasteiger partial charge in [0, 0.05) is 16.1 Å². The van der Waals surface area contributed by atoms with Crippen LogP contribution in [0, 0.1) is 17.2 Å². The van der Waals surface area contributed by atoms with E-state index in [2.05, 4.69) is 35.8 Å². The van der Waals surface area contributed by atoms with Crippen LogP contribution in [0.1, 0.15) is 47.7 Å². The largest absolute Gasteiger partial charge is 0.494 e. The third-order valence-electron chi connectivity index (χ3n) is 5.65. The van der Waals surface area contributed by atoms with E-state index in [1.807, 2.05) is 30.3 Å². The van der Waals surface area contributed by atoms with Gasteiger partial charge in [0.1, 0.15) is 28.9 Å². The maximum atomic E-state index is 12.6. The molecule has 35 heavy (non-hydrogen) atoms. The Kier molecular flexibility index (Phi) is 7.42. The molecule has 0 fully saturated rings. The zero-order valence-corrected chi connectivity index (χ0v) is 21.0. The summed E-state index contributed by atoms with van der Waals surface area (Å²) >= 11 is 3.37. The lowest BCUT2D eigenvalue weighted by Crippen LogP contribution is -2.21. The van der Waals surface area contributed by atoms with Crippen LogP contribution in [0.2, 0.25) is 0 Å². The van der Waals surface area contributed by atoms with Crippen molar-refractivity contribution in [2.24, 2.45) is 11.7 Å². The zero-order chi connectivity index (χ0) is 24.9. The first-order chi connectivity index (χ1) is 16.9. The molecule has 0 aromatic heterocycles.